The molecule has 4 nitrogen and oxygen atoms in total. The highest BCUT2D eigenvalue weighted by Crippen LogP contribution is 2.54. The monoisotopic (exact) mass is 209 g/mol. The van der Waals surface area contributed by atoms with Crippen LogP contribution >= 0.6 is 0 Å². The number of likely N-dealkylation sites (tertiary alicyclic amines) is 1. The molecule has 0 N–H and O–H groups in total. The molecule has 2 bridgehead atoms. The molecular weight excluding hydrogens is 194 g/mol. The summed E-state index contributed by atoms with van der Waals surface area (Å²) >= 11 is 0. The summed E-state index contributed by atoms with van der Waals surface area (Å²) in [5.74, 6) is -0.418. The van der Waals surface area contributed by atoms with E-state index in [0.717, 1.165) is 12.8 Å². The van der Waals surface area contributed by atoms with Crippen LogP contribution in [0.4, 0.5) is 0 Å². The van der Waals surface area contributed by atoms with E-state index in [1.54, 1.807) is 0 Å². The molecule has 0 radical (unpaired) electrons. The summed E-state index contributed by atoms with van der Waals surface area (Å²) in [6.07, 6.45) is 1.83. The van der Waals surface area contributed by atoms with Gasteiger partial charge in [-0.1, -0.05) is 0 Å². The van der Waals surface area contributed by atoms with Crippen molar-refractivity contribution in [2.45, 2.75) is 38.4 Å². The van der Waals surface area contributed by atoms with Crippen LogP contribution in [0.1, 0.15) is 26.7 Å². The van der Waals surface area contributed by atoms with E-state index in [9.17, 15) is 9.59 Å². The van der Waals surface area contributed by atoms with Gasteiger partial charge in [-0.15, -0.1) is 0 Å². The first-order valence-electron chi connectivity index (χ1n) is 5.61. The summed E-state index contributed by atoms with van der Waals surface area (Å²) in [5.41, 5.74) is -0.369. The van der Waals surface area contributed by atoms with Crippen molar-refractivity contribution in [3.8, 4) is 0 Å². The zero-order valence-electron chi connectivity index (χ0n) is 9.03. The SMILES string of the molecule is CCN1C(=O)[C@@H]2[C@@H](C1=O)[C@@]1(C)CC[C@H]2O1. The van der Waals surface area contributed by atoms with Crippen molar-refractivity contribution < 1.29 is 14.3 Å². The molecule has 82 valence electrons. The molecule has 0 aliphatic carbocycles. The number of imide groups is 1. The van der Waals surface area contributed by atoms with Gasteiger partial charge in [-0.05, 0) is 26.7 Å². The topological polar surface area (TPSA) is 46.6 Å². The van der Waals surface area contributed by atoms with Crippen molar-refractivity contribution in [3.63, 3.8) is 0 Å². The zero-order chi connectivity index (χ0) is 10.8. The predicted molar refractivity (Wildman–Crippen MR) is 51.9 cm³/mol. The minimum absolute atomic E-state index is 0.00648. The Balaban J connectivity index is 2.03. The van der Waals surface area contributed by atoms with Crippen molar-refractivity contribution in [1.29, 1.82) is 0 Å². The second-order valence-corrected chi connectivity index (χ2v) is 4.93. The molecule has 3 saturated heterocycles. The molecular formula is C11H15NO3. The van der Waals surface area contributed by atoms with E-state index in [2.05, 4.69) is 0 Å². The molecule has 2 amide bonds. The number of ether oxygens (including phenoxy) is 1. The standard InChI is InChI=1S/C11H15NO3/c1-3-12-9(13)7-6-4-5-11(2,15-6)8(7)10(12)14/h6-8H,3-5H2,1-2H3/t6-,7+,8+,11-/m1/s1. The average Bonchev–Trinajstić information content (AvgIpc) is 2.77. The molecule has 0 aromatic carbocycles. The van der Waals surface area contributed by atoms with Crippen LogP contribution in [-0.4, -0.2) is 35.0 Å². The molecule has 0 aromatic rings. The van der Waals surface area contributed by atoms with E-state index in [-0.39, 0.29) is 35.4 Å². The molecule has 3 aliphatic rings. The Morgan fingerprint density at radius 1 is 1.47 bits per heavy atom. The van der Waals surface area contributed by atoms with Crippen LogP contribution in [0.15, 0.2) is 0 Å². The number of nitrogens with zero attached hydrogens (tertiary/aromatic N) is 1. The maximum absolute atomic E-state index is 12.0. The number of fused-ring (bicyclic) bond motifs is 5. The Hall–Kier alpha value is -0.900. The number of amides is 2. The highest BCUT2D eigenvalue weighted by molar-refractivity contribution is 6.06. The van der Waals surface area contributed by atoms with Gasteiger partial charge in [0.2, 0.25) is 11.8 Å². The van der Waals surface area contributed by atoms with E-state index in [0.29, 0.717) is 6.54 Å². The molecule has 4 heteroatoms. The molecule has 15 heavy (non-hydrogen) atoms. The number of carbonyl (C=O) groups is 2. The lowest BCUT2D eigenvalue weighted by atomic mass is 9.74. The van der Waals surface area contributed by atoms with E-state index in [4.69, 9.17) is 4.74 Å². The zero-order valence-corrected chi connectivity index (χ0v) is 9.03. The second-order valence-electron chi connectivity index (χ2n) is 4.93. The van der Waals surface area contributed by atoms with Crippen LogP contribution in [0.2, 0.25) is 0 Å². The largest absolute Gasteiger partial charge is 0.370 e. The lowest BCUT2D eigenvalue weighted by Gasteiger charge is -2.26. The first-order valence-corrected chi connectivity index (χ1v) is 5.61. The van der Waals surface area contributed by atoms with Crippen LogP contribution in [0.25, 0.3) is 0 Å². The first kappa shape index (κ1) is 9.33. The van der Waals surface area contributed by atoms with Gasteiger partial charge in [0.15, 0.2) is 0 Å². The highest BCUT2D eigenvalue weighted by atomic mass is 16.5. The van der Waals surface area contributed by atoms with E-state index in [1.165, 1.54) is 4.90 Å². The fraction of sp³-hybridized carbons (Fsp3) is 0.818. The maximum atomic E-state index is 12.0. The molecule has 3 rings (SSSR count). The quantitative estimate of drug-likeness (QED) is 0.593. The van der Waals surface area contributed by atoms with Crippen molar-refractivity contribution in [1.82, 2.24) is 4.90 Å². The third-order valence-corrected chi connectivity index (χ3v) is 4.16. The third-order valence-electron chi connectivity index (χ3n) is 4.16. The Kier molecular flexibility index (Phi) is 1.63. The molecule has 3 fully saturated rings. The normalized spacial score (nSPS) is 47.9. The van der Waals surface area contributed by atoms with Crippen LogP contribution in [0, 0.1) is 11.8 Å². The van der Waals surface area contributed by atoms with Crippen molar-refractivity contribution >= 4 is 11.8 Å². The Morgan fingerprint density at radius 2 is 2.20 bits per heavy atom. The maximum Gasteiger partial charge on any atom is 0.236 e. The molecule has 0 aromatic heterocycles. The van der Waals surface area contributed by atoms with Gasteiger partial charge in [-0.3, -0.25) is 14.5 Å². The summed E-state index contributed by atoms with van der Waals surface area (Å²) in [7, 11) is 0. The average molecular weight is 209 g/mol. The predicted octanol–water partition coefficient (Wildman–Crippen LogP) is 0.559. The van der Waals surface area contributed by atoms with Crippen LogP contribution in [0.3, 0.4) is 0 Å². The summed E-state index contributed by atoms with van der Waals surface area (Å²) in [6, 6.07) is 0. The van der Waals surface area contributed by atoms with Gasteiger partial charge in [-0.2, -0.15) is 0 Å². The van der Waals surface area contributed by atoms with E-state index in [1.807, 2.05) is 13.8 Å². The highest BCUT2D eigenvalue weighted by Gasteiger charge is 2.67. The molecule has 3 heterocycles. The molecule has 3 aliphatic heterocycles. The molecule has 4 atom stereocenters. The number of hydrogen-bond acceptors (Lipinski definition) is 3. The van der Waals surface area contributed by atoms with E-state index >= 15 is 0 Å². The van der Waals surface area contributed by atoms with Crippen LogP contribution in [-0.2, 0) is 14.3 Å². The fourth-order valence-corrected chi connectivity index (χ4v) is 3.45. The third kappa shape index (κ3) is 0.911. The summed E-state index contributed by atoms with van der Waals surface area (Å²) in [5, 5.41) is 0. The Morgan fingerprint density at radius 3 is 2.80 bits per heavy atom. The Bertz CT molecular complexity index is 354. The number of hydrogen-bond donors (Lipinski definition) is 0. The Labute approximate surface area is 88.6 Å². The number of carbonyl (C=O) groups excluding carboxylic acids is 2. The summed E-state index contributed by atoms with van der Waals surface area (Å²) < 4.78 is 5.79. The second kappa shape index (κ2) is 2.61. The first-order chi connectivity index (χ1) is 7.08. The lowest BCUT2D eigenvalue weighted by Crippen LogP contribution is -2.39. The van der Waals surface area contributed by atoms with Gasteiger partial charge in [0.05, 0.1) is 23.5 Å². The van der Waals surface area contributed by atoms with Crippen molar-refractivity contribution in [2.24, 2.45) is 11.8 Å². The van der Waals surface area contributed by atoms with Gasteiger partial charge >= 0.3 is 0 Å². The molecule has 0 unspecified atom stereocenters. The summed E-state index contributed by atoms with van der Waals surface area (Å²) in [4.78, 5) is 25.4. The van der Waals surface area contributed by atoms with Gasteiger partial charge in [0.1, 0.15) is 0 Å². The van der Waals surface area contributed by atoms with Crippen molar-refractivity contribution in [2.75, 3.05) is 6.54 Å². The summed E-state index contributed by atoms with van der Waals surface area (Å²) in [6.45, 7) is 4.32. The number of rotatable bonds is 1. The van der Waals surface area contributed by atoms with Gasteiger partial charge < -0.3 is 4.74 Å². The lowest BCUT2D eigenvalue weighted by molar-refractivity contribution is -0.144. The van der Waals surface area contributed by atoms with Crippen LogP contribution < -0.4 is 0 Å². The van der Waals surface area contributed by atoms with E-state index < -0.39 is 0 Å². The van der Waals surface area contributed by atoms with Crippen molar-refractivity contribution in [3.05, 3.63) is 0 Å². The fourth-order valence-electron chi connectivity index (χ4n) is 3.45. The molecule has 0 saturated carbocycles. The smallest absolute Gasteiger partial charge is 0.236 e. The minimum Gasteiger partial charge on any atom is -0.370 e. The molecule has 0 spiro atoms. The van der Waals surface area contributed by atoms with Gasteiger partial charge in [-0.25, -0.2) is 0 Å². The minimum atomic E-state index is -0.369. The van der Waals surface area contributed by atoms with Gasteiger partial charge in [0.25, 0.3) is 0 Å². The van der Waals surface area contributed by atoms with Crippen LogP contribution in [0.5, 0.6) is 0 Å². The van der Waals surface area contributed by atoms with Gasteiger partial charge in [0, 0.05) is 6.54 Å².